The van der Waals surface area contributed by atoms with Gasteiger partial charge in [0.25, 0.3) is 0 Å². The first-order valence-electron chi connectivity index (χ1n) is 11.4. The number of carboxylic acids is 1. The number of amides is 1. The predicted molar refractivity (Wildman–Crippen MR) is 134 cm³/mol. The third-order valence-corrected chi connectivity index (χ3v) is 6.89. The van der Waals surface area contributed by atoms with Gasteiger partial charge in [-0.2, -0.15) is 5.10 Å². The molecule has 2 aromatic rings. The van der Waals surface area contributed by atoms with Crippen LogP contribution in [0.4, 0.5) is 5.69 Å². The Morgan fingerprint density at radius 2 is 1.77 bits per heavy atom. The summed E-state index contributed by atoms with van der Waals surface area (Å²) < 4.78 is 36.8. The molecule has 1 aromatic heterocycles. The first-order chi connectivity index (χ1) is 15.9. The van der Waals surface area contributed by atoms with Crippen molar-refractivity contribution in [2.24, 2.45) is 5.92 Å². The Labute approximate surface area is 207 Å². The van der Waals surface area contributed by atoms with Crippen molar-refractivity contribution in [1.29, 1.82) is 0 Å². The minimum absolute atomic E-state index is 0.0336. The van der Waals surface area contributed by atoms with Crippen LogP contribution in [0.1, 0.15) is 77.9 Å². The van der Waals surface area contributed by atoms with E-state index in [1.165, 1.54) is 22.9 Å². The summed E-state index contributed by atoms with van der Waals surface area (Å²) >= 11 is 0. The molecule has 0 spiro atoms. The molecule has 0 radical (unpaired) electrons. The highest BCUT2D eigenvalue weighted by molar-refractivity contribution is 7.89. The smallest absolute Gasteiger partial charge is 0.356 e. The van der Waals surface area contributed by atoms with Crippen molar-refractivity contribution in [3.05, 3.63) is 29.5 Å². The van der Waals surface area contributed by atoms with Crippen LogP contribution < -0.4 is 14.8 Å². The van der Waals surface area contributed by atoms with Gasteiger partial charge in [0.15, 0.2) is 5.69 Å². The molecule has 0 aliphatic heterocycles. The number of hydrogen-bond acceptors (Lipinski definition) is 6. The number of rotatable bonds is 8. The predicted octanol–water partition coefficient (Wildman–Crippen LogP) is 4.50. The number of nitrogens with zero attached hydrogens (tertiary/aromatic N) is 2. The lowest BCUT2D eigenvalue weighted by Gasteiger charge is -2.24. The third kappa shape index (κ3) is 6.82. The molecule has 1 amide bonds. The Hall–Kier alpha value is -2.92. The van der Waals surface area contributed by atoms with E-state index in [9.17, 15) is 23.1 Å². The van der Waals surface area contributed by atoms with Crippen molar-refractivity contribution in [1.82, 2.24) is 14.5 Å². The number of ether oxygens (including phenoxy) is 1. The number of sulfonamides is 1. The van der Waals surface area contributed by atoms with Gasteiger partial charge in [-0.1, -0.05) is 13.8 Å². The Morgan fingerprint density at radius 3 is 2.26 bits per heavy atom. The van der Waals surface area contributed by atoms with Crippen LogP contribution in [0.5, 0.6) is 11.6 Å². The fraction of sp³-hybridized carbons (Fsp3) is 0.542. The minimum Gasteiger partial charge on any atom is -0.476 e. The molecule has 0 aliphatic carbocycles. The van der Waals surface area contributed by atoms with Crippen LogP contribution in [0.15, 0.2) is 23.1 Å². The summed E-state index contributed by atoms with van der Waals surface area (Å²) in [7, 11) is -4.10. The molecule has 3 N–H and O–H groups in total. The number of hydrogen-bond donors (Lipinski definition) is 3. The second kappa shape index (κ2) is 9.98. The van der Waals surface area contributed by atoms with Crippen LogP contribution in [0.2, 0.25) is 0 Å². The quantitative estimate of drug-likeness (QED) is 0.477. The van der Waals surface area contributed by atoms with Crippen LogP contribution in [-0.2, 0) is 20.4 Å². The third-order valence-electron chi connectivity index (χ3n) is 5.11. The highest BCUT2D eigenvalue weighted by Crippen LogP contribution is 2.36. The van der Waals surface area contributed by atoms with Gasteiger partial charge in [0, 0.05) is 22.7 Å². The van der Waals surface area contributed by atoms with Crippen molar-refractivity contribution < 1.29 is 27.9 Å². The zero-order valence-electron chi connectivity index (χ0n) is 21.8. The van der Waals surface area contributed by atoms with Crippen LogP contribution in [0, 0.1) is 12.8 Å². The van der Waals surface area contributed by atoms with Gasteiger partial charge in [-0.3, -0.25) is 4.79 Å². The molecule has 0 saturated heterocycles. The topological polar surface area (TPSA) is 140 Å². The monoisotopic (exact) mass is 508 g/mol. The normalized spacial score (nSPS) is 13.4. The van der Waals surface area contributed by atoms with E-state index in [0.717, 1.165) is 0 Å². The molecule has 10 nitrogen and oxygen atoms in total. The number of carboxylic acid groups (broad SMARTS) is 1. The van der Waals surface area contributed by atoms with E-state index in [1.54, 1.807) is 34.6 Å². The number of anilines is 1. The van der Waals surface area contributed by atoms with Crippen molar-refractivity contribution in [2.75, 3.05) is 5.32 Å². The summed E-state index contributed by atoms with van der Waals surface area (Å²) in [6.07, 6.45) is 0.631. The molecule has 0 unspecified atom stereocenters. The van der Waals surface area contributed by atoms with Crippen LogP contribution in [-0.4, -0.2) is 40.7 Å². The van der Waals surface area contributed by atoms with Gasteiger partial charge >= 0.3 is 5.97 Å². The molecule has 0 aliphatic rings. The zero-order chi connectivity index (χ0) is 26.9. The van der Waals surface area contributed by atoms with E-state index in [1.807, 2.05) is 27.7 Å². The van der Waals surface area contributed by atoms with Gasteiger partial charge in [0.1, 0.15) is 10.6 Å². The van der Waals surface area contributed by atoms with E-state index in [-0.39, 0.29) is 39.6 Å². The highest BCUT2D eigenvalue weighted by Gasteiger charge is 2.31. The summed E-state index contributed by atoms with van der Waals surface area (Å²) in [5.41, 5.74) is -1.07. The number of aromatic nitrogens is 2. The Morgan fingerprint density at radius 1 is 1.17 bits per heavy atom. The van der Waals surface area contributed by atoms with E-state index in [4.69, 9.17) is 4.74 Å². The lowest BCUT2D eigenvalue weighted by molar-refractivity contribution is -0.119. The van der Waals surface area contributed by atoms with Gasteiger partial charge in [-0.05, 0) is 73.1 Å². The maximum absolute atomic E-state index is 13.3. The van der Waals surface area contributed by atoms with Gasteiger partial charge in [-0.15, -0.1) is 0 Å². The standard InChI is InChI=1S/C24H36N4O6S/c1-10-14(2)20(29)25-16-11-12-17(18(13-16)35(32,33)27-23(4,5)6)34-21-15(3)19(22(30)31)26-28(21)24(7,8)9/h11-14,27H,10H2,1-9H3,(H,25,29)(H,30,31)/t14-/m0/s1. The summed E-state index contributed by atoms with van der Waals surface area (Å²) in [5, 5.41) is 16.5. The van der Waals surface area contributed by atoms with Crippen LogP contribution >= 0.6 is 0 Å². The maximum Gasteiger partial charge on any atom is 0.356 e. The van der Waals surface area contributed by atoms with Gasteiger partial charge in [0.2, 0.25) is 21.8 Å². The fourth-order valence-corrected chi connectivity index (χ4v) is 4.72. The Bertz CT molecular complexity index is 1220. The number of carbonyl (C=O) groups excluding carboxylic acids is 1. The molecule has 194 valence electrons. The lowest BCUT2D eigenvalue weighted by atomic mass is 10.1. The summed E-state index contributed by atoms with van der Waals surface area (Å²) in [4.78, 5) is 23.9. The van der Waals surface area contributed by atoms with Crippen LogP contribution in [0.3, 0.4) is 0 Å². The molecule has 1 atom stereocenters. The fourth-order valence-electron chi connectivity index (χ4n) is 3.15. The van der Waals surface area contributed by atoms with Gasteiger partial charge < -0.3 is 15.2 Å². The molecular formula is C24H36N4O6S. The summed E-state index contributed by atoms with van der Waals surface area (Å²) in [5.74, 6) is -1.63. The van der Waals surface area contributed by atoms with Crippen molar-refractivity contribution in [2.45, 2.75) is 84.7 Å². The number of carbonyl (C=O) groups is 2. The molecule has 0 bridgehead atoms. The first kappa shape index (κ1) is 28.3. The summed E-state index contributed by atoms with van der Waals surface area (Å²) in [6, 6.07) is 4.30. The molecule has 11 heteroatoms. The summed E-state index contributed by atoms with van der Waals surface area (Å²) in [6.45, 7) is 15.8. The largest absolute Gasteiger partial charge is 0.476 e. The SMILES string of the molecule is CC[C@H](C)C(=O)Nc1ccc(Oc2c(C)c(C(=O)O)nn2C(C)(C)C)c(S(=O)(=O)NC(C)(C)C)c1. The number of nitrogens with one attached hydrogen (secondary N) is 2. The molecule has 1 aromatic carbocycles. The van der Waals surface area contributed by atoms with E-state index >= 15 is 0 Å². The van der Waals surface area contributed by atoms with Crippen molar-refractivity contribution in [3.63, 3.8) is 0 Å². The molecular weight excluding hydrogens is 472 g/mol. The second-order valence-electron chi connectivity index (χ2n) is 10.6. The van der Waals surface area contributed by atoms with Crippen molar-refractivity contribution >= 4 is 27.6 Å². The second-order valence-corrected chi connectivity index (χ2v) is 12.2. The van der Waals surface area contributed by atoms with E-state index in [0.29, 0.717) is 12.1 Å². The molecule has 0 saturated carbocycles. The molecule has 1 heterocycles. The first-order valence-corrected chi connectivity index (χ1v) is 12.9. The van der Waals surface area contributed by atoms with Gasteiger partial charge in [-0.25, -0.2) is 22.6 Å². The zero-order valence-corrected chi connectivity index (χ0v) is 22.6. The van der Waals surface area contributed by atoms with Crippen LogP contribution in [0.25, 0.3) is 0 Å². The molecule has 2 rings (SSSR count). The van der Waals surface area contributed by atoms with E-state index in [2.05, 4.69) is 15.1 Å². The lowest BCUT2D eigenvalue weighted by Crippen LogP contribution is -2.40. The molecule has 35 heavy (non-hydrogen) atoms. The number of aromatic carboxylic acids is 1. The molecule has 0 fully saturated rings. The average molecular weight is 509 g/mol. The Kier molecular flexibility index (Phi) is 8.08. The Balaban J connectivity index is 2.69. The van der Waals surface area contributed by atoms with E-state index < -0.39 is 27.1 Å². The van der Waals surface area contributed by atoms with Crippen molar-refractivity contribution in [3.8, 4) is 11.6 Å². The van der Waals surface area contributed by atoms with Gasteiger partial charge in [0.05, 0.1) is 5.54 Å². The maximum atomic E-state index is 13.3. The highest BCUT2D eigenvalue weighted by atomic mass is 32.2. The minimum atomic E-state index is -4.10. The number of benzene rings is 1. The average Bonchev–Trinajstić information content (AvgIpc) is 3.03.